The summed E-state index contributed by atoms with van der Waals surface area (Å²) in [5.74, 6) is 0.694. The van der Waals surface area contributed by atoms with Crippen LogP contribution in [0.1, 0.15) is 31.2 Å². The maximum absolute atomic E-state index is 9.48. The highest BCUT2D eigenvalue weighted by Gasteiger charge is 2.22. The van der Waals surface area contributed by atoms with E-state index in [0.717, 1.165) is 25.8 Å². The summed E-state index contributed by atoms with van der Waals surface area (Å²) in [6.07, 6.45) is 4.31. The minimum atomic E-state index is 0.0741. The molecule has 1 fully saturated rings. The van der Waals surface area contributed by atoms with E-state index in [4.69, 9.17) is 16.9 Å². The second-order valence-electron chi connectivity index (χ2n) is 4.53. The Bertz CT molecular complexity index is 458. The van der Waals surface area contributed by atoms with Crippen molar-refractivity contribution in [1.29, 1.82) is 5.26 Å². The normalized spacial score (nSPS) is 20.3. The monoisotopic (exact) mass is 265 g/mol. The topological polar surface area (TPSA) is 60.2 Å². The van der Waals surface area contributed by atoms with Crippen LogP contribution in [-0.2, 0) is 0 Å². The van der Waals surface area contributed by atoms with E-state index < -0.39 is 0 Å². The third-order valence-electron chi connectivity index (χ3n) is 3.29. The summed E-state index contributed by atoms with van der Waals surface area (Å²) >= 11 is 5.93. The molecule has 1 unspecified atom stereocenters. The second kappa shape index (κ2) is 6.03. The molecule has 0 saturated carbocycles. The maximum atomic E-state index is 9.48. The van der Waals surface area contributed by atoms with Crippen LogP contribution in [0, 0.1) is 11.3 Å². The van der Waals surface area contributed by atoms with Gasteiger partial charge in [-0.3, -0.25) is 0 Å². The van der Waals surface area contributed by atoms with Crippen LogP contribution in [0.4, 0.5) is 5.82 Å². The van der Waals surface area contributed by atoms with Crippen molar-refractivity contribution in [2.24, 2.45) is 0 Å². The molecule has 1 aliphatic heterocycles. The van der Waals surface area contributed by atoms with E-state index in [2.05, 4.69) is 16.0 Å². The summed E-state index contributed by atoms with van der Waals surface area (Å²) in [4.78, 5) is 6.34. The maximum Gasteiger partial charge on any atom is 0.132 e. The number of aromatic nitrogens is 1. The zero-order valence-corrected chi connectivity index (χ0v) is 10.9. The molecule has 0 spiro atoms. The summed E-state index contributed by atoms with van der Waals surface area (Å²) in [6, 6.07) is 5.44. The fraction of sp³-hybridized carbons (Fsp3) is 0.538. The zero-order valence-electron chi connectivity index (χ0n) is 10.1. The Hall–Kier alpha value is -1.31. The van der Waals surface area contributed by atoms with Crippen molar-refractivity contribution in [3.8, 4) is 6.07 Å². The molecule has 0 bridgehead atoms. The first-order chi connectivity index (χ1) is 8.74. The number of aliphatic hydroxyl groups excluding tert-OH is 1. The van der Waals surface area contributed by atoms with Gasteiger partial charge in [-0.2, -0.15) is 5.26 Å². The molecular weight excluding hydrogens is 250 g/mol. The number of hydrogen-bond acceptors (Lipinski definition) is 4. The van der Waals surface area contributed by atoms with Gasteiger partial charge in [-0.1, -0.05) is 24.4 Å². The van der Waals surface area contributed by atoms with Gasteiger partial charge in [0.15, 0.2) is 0 Å². The number of hydrogen-bond donors (Lipinski definition) is 1. The minimum absolute atomic E-state index is 0.0741. The van der Waals surface area contributed by atoms with Gasteiger partial charge in [-0.15, -0.1) is 0 Å². The summed E-state index contributed by atoms with van der Waals surface area (Å²) < 4.78 is 0. The lowest BCUT2D eigenvalue weighted by Crippen LogP contribution is -2.38. The van der Waals surface area contributed by atoms with Crippen LogP contribution in [-0.4, -0.2) is 29.3 Å². The number of pyridine rings is 1. The molecule has 4 nitrogen and oxygen atoms in total. The summed E-state index contributed by atoms with van der Waals surface area (Å²) in [6.45, 7) is 0.958. The molecule has 1 aliphatic rings. The van der Waals surface area contributed by atoms with Gasteiger partial charge in [0, 0.05) is 6.54 Å². The Kier molecular flexibility index (Phi) is 4.40. The van der Waals surface area contributed by atoms with Gasteiger partial charge in [-0.25, -0.2) is 4.98 Å². The van der Waals surface area contributed by atoms with Crippen LogP contribution >= 0.6 is 11.6 Å². The highest BCUT2D eigenvalue weighted by atomic mass is 35.5. The van der Waals surface area contributed by atoms with Crippen LogP contribution in [0.3, 0.4) is 0 Å². The van der Waals surface area contributed by atoms with Crippen LogP contribution < -0.4 is 4.90 Å². The largest absolute Gasteiger partial charge is 0.394 e. The quantitative estimate of drug-likeness (QED) is 0.834. The molecule has 1 saturated heterocycles. The highest BCUT2D eigenvalue weighted by Crippen LogP contribution is 2.24. The van der Waals surface area contributed by atoms with Gasteiger partial charge in [0.05, 0.1) is 24.3 Å². The molecule has 1 atom stereocenters. The third-order valence-corrected chi connectivity index (χ3v) is 3.49. The lowest BCUT2D eigenvalue weighted by atomic mass is 10.1. The van der Waals surface area contributed by atoms with E-state index in [1.54, 1.807) is 12.1 Å². The molecule has 0 amide bonds. The summed E-state index contributed by atoms with van der Waals surface area (Å²) in [5, 5.41) is 18.8. The molecule has 2 heterocycles. The summed E-state index contributed by atoms with van der Waals surface area (Å²) in [7, 11) is 0. The van der Waals surface area contributed by atoms with E-state index in [-0.39, 0.29) is 12.6 Å². The molecule has 0 radical (unpaired) electrons. The first-order valence-electron chi connectivity index (χ1n) is 6.20. The Morgan fingerprint density at radius 2 is 2.28 bits per heavy atom. The number of halogens is 1. The molecule has 1 N–H and O–H groups in total. The fourth-order valence-corrected chi connectivity index (χ4v) is 2.57. The Balaban J connectivity index is 2.32. The van der Waals surface area contributed by atoms with Crippen molar-refractivity contribution in [1.82, 2.24) is 4.98 Å². The average Bonchev–Trinajstić information content (AvgIpc) is 2.62. The Morgan fingerprint density at radius 1 is 1.44 bits per heavy atom. The molecule has 1 aromatic heterocycles. The fourth-order valence-electron chi connectivity index (χ4n) is 2.36. The molecule has 0 aliphatic carbocycles. The van der Waals surface area contributed by atoms with Crippen LogP contribution in [0.2, 0.25) is 5.15 Å². The van der Waals surface area contributed by atoms with E-state index in [0.29, 0.717) is 16.5 Å². The SMILES string of the molecule is N#Cc1cc(Cl)nc(N2CCCCCC2CO)c1. The van der Waals surface area contributed by atoms with Crippen molar-refractivity contribution in [2.75, 3.05) is 18.1 Å². The number of nitriles is 1. The molecular formula is C13H16ClN3O. The third kappa shape index (κ3) is 2.92. The lowest BCUT2D eigenvalue weighted by molar-refractivity contribution is 0.254. The van der Waals surface area contributed by atoms with Crippen LogP contribution in [0.25, 0.3) is 0 Å². The van der Waals surface area contributed by atoms with E-state index >= 15 is 0 Å². The van der Waals surface area contributed by atoms with Crippen molar-refractivity contribution in [3.63, 3.8) is 0 Å². The van der Waals surface area contributed by atoms with Gasteiger partial charge in [0.25, 0.3) is 0 Å². The molecule has 18 heavy (non-hydrogen) atoms. The van der Waals surface area contributed by atoms with Gasteiger partial charge in [0.1, 0.15) is 11.0 Å². The van der Waals surface area contributed by atoms with Crippen molar-refractivity contribution in [3.05, 3.63) is 22.8 Å². The van der Waals surface area contributed by atoms with Crippen LogP contribution in [0.15, 0.2) is 12.1 Å². The first kappa shape index (κ1) is 13.1. The standard InChI is InChI=1S/C13H16ClN3O/c14-12-6-10(8-15)7-13(16-12)17-5-3-1-2-4-11(17)9-18/h6-7,11,18H,1-5,9H2. The van der Waals surface area contributed by atoms with Gasteiger partial charge < -0.3 is 10.0 Å². The Labute approximate surface area is 112 Å². The van der Waals surface area contributed by atoms with Gasteiger partial charge in [-0.05, 0) is 25.0 Å². The predicted octanol–water partition coefficient (Wildman–Crippen LogP) is 2.35. The smallest absolute Gasteiger partial charge is 0.132 e. The van der Waals surface area contributed by atoms with Gasteiger partial charge in [0.2, 0.25) is 0 Å². The predicted molar refractivity (Wildman–Crippen MR) is 70.6 cm³/mol. The van der Waals surface area contributed by atoms with E-state index in [1.165, 1.54) is 6.42 Å². The molecule has 2 rings (SSSR count). The Morgan fingerprint density at radius 3 is 3.00 bits per heavy atom. The van der Waals surface area contributed by atoms with Crippen molar-refractivity contribution >= 4 is 17.4 Å². The lowest BCUT2D eigenvalue weighted by Gasteiger charge is -2.29. The van der Waals surface area contributed by atoms with E-state index in [1.807, 2.05) is 0 Å². The van der Waals surface area contributed by atoms with Crippen molar-refractivity contribution < 1.29 is 5.11 Å². The van der Waals surface area contributed by atoms with Gasteiger partial charge >= 0.3 is 0 Å². The number of anilines is 1. The average molecular weight is 266 g/mol. The molecule has 0 aromatic carbocycles. The number of rotatable bonds is 2. The minimum Gasteiger partial charge on any atom is -0.394 e. The molecule has 1 aromatic rings. The number of aliphatic hydroxyl groups is 1. The second-order valence-corrected chi connectivity index (χ2v) is 4.91. The number of nitrogens with zero attached hydrogens (tertiary/aromatic N) is 3. The first-order valence-corrected chi connectivity index (χ1v) is 6.57. The van der Waals surface area contributed by atoms with Crippen LogP contribution in [0.5, 0.6) is 0 Å². The van der Waals surface area contributed by atoms with Crippen molar-refractivity contribution in [2.45, 2.75) is 31.7 Å². The van der Waals surface area contributed by atoms with E-state index in [9.17, 15) is 5.11 Å². The summed E-state index contributed by atoms with van der Waals surface area (Å²) in [5.41, 5.74) is 0.505. The molecule has 5 heteroatoms. The zero-order chi connectivity index (χ0) is 13.0. The highest BCUT2D eigenvalue weighted by molar-refractivity contribution is 6.29. The molecule has 96 valence electrons.